The first-order valence-corrected chi connectivity index (χ1v) is 8.29. The molecule has 128 valence electrons. The minimum absolute atomic E-state index is 0.0726. The summed E-state index contributed by atoms with van der Waals surface area (Å²) >= 11 is 1.15. The average molecular weight is 361 g/mol. The Balaban J connectivity index is 1.93. The van der Waals surface area contributed by atoms with Gasteiger partial charge in [0.05, 0.1) is 12.1 Å². The van der Waals surface area contributed by atoms with Gasteiger partial charge in [0.2, 0.25) is 5.91 Å². The summed E-state index contributed by atoms with van der Waals surface area (Å²) in [6.07, 6.45) is 0.498. The molecule has 5 nitrogen and oxygen atoms in total. The summed E-state index contributed by atoms with van der Waals surface area (Å²) in [6, 6.07) is 5.19. The van der Waals surface area contributed by atoms with Crippen molar-refractivity contribution in [3.63, 3.8) is 0 Å². The van der Waals surface area contributed by atoms with Crippen LogP contribution in [-0.4, -0.2) is 23.3 Å². The number of hydrogen-bond acceptors (Lipinski definition) is 4. The Morgan fingerprint density at radius 2 is 2.00 bits per heavy atom. The summed E-state index contributed by atoms with van der Waals surface area (Å²) in [5.74, 6) is -2.97. The highest BCUT2D eigenvalue weighted by Gasteiger charge is 2.27. The van der Waals surface area contributed by atoms with E-state index in [9.17, 15) is 23.6 Å². The van der Waals surface area contributed by atoms with Gasteiger partial charge in [0, 0.05) is 18.3 Å². The first-order valence-electron chi connectivity index (χ1n) is 7.48. The number of carbonyl (C=O) groups is 2. The molecule has 1 aliphatic heterocycles. The van der Waals surface area contributed by atoms with Crippen LogP contribution >= 0.6 is 11.3 Å². The van der Waals surface area contributed by atoms with Crippen molar-refractivity contribution in [2.75, 3.05) is 11.9 Å². The second-order valence-corrected chi connectivity index (χ2v) is 6.67. The van der Waals surface area contributed by atoms with Gasteiger partial charge in [0.25, 0.3) is 5.91 Å². The maximum atomic E-state index is 13.7. The lowest BCUT2D eigenvalue weighted by molar-refractivity contribution is -0.129. The molecular formula is C17H13F2N3O2S. The van der Waals surface area contributed by atoms with Crippen molar-refractivity contribution < 1.29 is 18.4 Å². The zero-order chi connectivity index (χ0) is 18.1. The molecule has 2 heterocycles. The van der Waals surface area contributed by atoms with E-state index in [4.69, 9.17) is 0 Å². The molecule has 0 aliphatic carbocycles. The van der Waals surface area contributed by atoms with Crippen LogP contribution in [0.4, 0.5) is 13.8 Å². The lowest BCUT2D eigenvalue weighted by Crippen LogP contribution is -2.33. The van der Waals surface area contributed by atoms with Crippen molar-refractivity contribution in [1.29, 1.82) is 5.26 Å². The number of rotatable bonds is 2. The van der Waals surface area contributed by atoms with Crippen LogP contribution in [0.2, 0.25) is 0 Å². The lowest BCUT2D eigenvalue weighted by atomic mass is 10.0. The van der Waals surface area contributed by atoms with Crippen LogP contribution in [0, 0.1) is 23.0 Å². The summed E-state index contributed by atoms with van der Waals surface area (Å²) in [4.78, 5) is 26.2. The van der Waals surface area contributed by atoms with Crippen LogP contribution in [0.3, 0.4) is 0 Å². The Morgan fingerprint density at radius 1 is 1.32 bits per heavy atom. The van der Waals surface area contributed by atoms with Gasteiger partial charge in [-0.25, -0.2) is 8.78 Å². The van der Waals surface area contributed by atoms with Gasteiger partial charge in [-0.15, -0.1) is 11.3 Å². The molecule has 8 heteroatoms. The molecule has 1 N–H and O–H groups in total. The standard InChI is InChI=1S/C17H13F2N3O2S/c1-9(23)22-6-5-10-11(7-20)17(25-14(10)8-22)21-16(24)15-12(18)3-2-4-13(15)19/h2-4H,5-6,8H2,1H3,(H,21,24). The molecule has 0 radical (unpaired) electrons. The molecule has 1 aromatic carbocycles. The summed E-state index contributed by atoms with van der Waals surface area (Å²) in [6.45, 7) is 2.31. The SMILES string of the molecule is CC(=O)N1CCc2c(sc(NC(=O)c3c(F)cccc3F)c2C#N)C1. The van der Waals surface area contributed by atoms with Gasteiger partial charge < -0.3 is 10.2 Å². The van der Waals surface area contributed by atoms with Crippen molar-refractivity contribution in [3.05, 3.63) is 51.4 Å². The fourth-order valence-corrected chi connectivity index (χ4v) is 3.97. The van der Waals surface area contributed by atoms with Crippen molar-refractivity contribution in [2.45, 2.75) is 19.9 Å². The number of halogens is 2. The van der Waals surface area contributed by atoms with Crippen LogP contribution in [0.25, 0.3) is 0 Å². The zero-order valence-electron chi connectivity index (χ0n) is 13.2. The Hall–Kier alpha value is -2.79. The monoisotopic (exact) mass is 361 g/mol. The normalized spacial score (nSPS) is 13.1. The van der Waals surface area contributed by atoms with E-state index in [1.165, 1.54) is 13.0 Å². The molecule has 2 amide bonds. The van der Waals surface area contributed by atoms with Crippen molar-refractivity contribution in [3.8, 4) is 6.07 Å². The minimum atomic E-state index is -0.972. The predicted octanol–water partition coefficient (Wildman–Crippen LogP) is 3.05. The van der Waals surface area contributed by atoms with E-state index in [0.717, 1.165) is 33.9 Å². The topological polar surface area (TPSA) is 73.2 Å². The van der Waals surface area contributed by atoms with Crippen LogP contribution in [0.5, 0.6) is 0 Å². The van der Waals surface area contributed by atoms with Gasteiger partial charge in [-0.3, -0.25) is 9.59 Å². The van der Waals surface area contributed by atoms with E-state index in [-0.39, 0.29) is 16.5 Å². The Labute approximate surface area is 146 Å². The van der Waals surface area contributed by atoms with Crippen molar-refractivity contribution >= 4 is 28.2 Å². The number of amides is 2. The number of fused-ring (bicyclic) bond motifs is 1. The molecule has 0 spiro atoms. The number of carbonyl (C=O) groups excluding carboxylic acids is 2. The molecule has 0 saturated heterocycles. The van der Waals surface area contributed by atoms with Crippen LogP contribution in [0.15, 0.2) is 18.2 Å². The fourth-order valence-electron chi connectivity index (χ4n) is 2.76. The van der Waals surface area contributed by atoms with E-state index in [1.807, 2.05) is 6.07 Å². The van der Waals surface area contributed by atoms with Gasteiger partial charge >= 0.3 is 0 Å². The number of thiophene rings is 1. The van der Waals surface area contributed by atoms with E-state index in [2.05, 4.69) is 5.32 Å². The summed E-state index contributed by atoms with van der Waals surface area (Å²) < 4.78 is 27.5. The molecule has 0 unspecified atom stereocenters. The van der Waals surface area contributed by atoms with Gasteiger partial charge in [-0.05, 0) is 24.1 Å². The fraction of sp³-hybridized carbons (Fsp3) is 0.235. The maximum Gasteiger partial charge on any atom is 0.262 e. The first kappa shape index (κ1) is 17.0. The number of hydrogen-bond donors (Lipinski definition) is 1. The van der Waals surface area contributed by atoms with E-state index >= 15 is 0 Å². The number of nitrogens with one attached hydrogen (secondary N) is 1. The molecule has 0 fully saturated rings. The number of benzene rings is 1. The van der Waals surface area contributed by atoms with Gasteiger partial charge in [-0.2, -0.15) is 5.26 Å². The molecule has 0 saturated carbocycles. The molecule has 1 aromatic heterocycles. The summed E-state index contributed by atoms with van der Waals surface area (Å²) in [7, 11) is 0. The molecule has 0 atom stereocenters. The quantitative estimate of drug-likeness (QED) is 0.893. The highest BCUT2D eigenvalue weighted by molar-refractivity contribution is 7.16. The van der Waals surface area contributed by atoms with Gasteiger partial charge in [0.1, 0.15) is 28.3 Å². The van der Waals surface area contributed by atoms with E-state index in [1.54, 1.807) is 4.90 Å². The largest absolute Gasteiger partial charge is 0.337 e. The third-order valence-electron chi connectivity index (χ3n) is 4.03. The van der Waals surface area contributed by atoms with Crippen LogP contribution < -0.4 is 5.32 Å². The molecule has 25 heavy (non-hydrogen) atoms. The summed E-state index contributed by atoms with van der Waals surface area (Å²) in [5, 5.41) is 12.1. The predicted molar refractivity (Wildman–Crippen MR) is 88.1 cm³/mol. The highest BCUT2D eigenvalue weighted by atomic mass is 32.1. The van der Waals surface area contributed by atoms with Crippen molar-refractivity contribution in [1.82, 2.24) is 4.90 Å². The molecule has 1 aliphatic rings. The third-order valence-corrected chi connectivity index (χ3v) is 5.16. The molecule has 0 bridgehead atoms. The Morgan fingerprint density at radius 3 is 2.60 bits per heavy atom. The number of nitriles is 1. The van der Waals surface area contributed by atoms with Crippen LogP contribution in [-0.2, 0) is 17.8 Å². The molecule has 2 aromatic rings. The van der Waals surface area contributed by atoms with E-state index < -0.39 is 23.1 Å². The summed E-state index contributed by atoms with van der Waals surface area (Å²) in [5.41, 5.74) is 0.366. The van der Waals surface area contributed by atoms with Crippen molar-refractivity contribution in [2.24, 2.45) is 0 Å². The minimum Gasteiger partial charge on any atom is -0.337 e. The second kappa shape index (κ2) is 6.61. The third kappa shape index (κ3) is 3.10. The highest BCUT2D eigenvalue weighted by Crippen LogP contribution is 2.37. The lowest BCUT2D eigenvalue weighted by Gasteiger charge is -2.25. The Kier molecular flexibility index (Phi) is 4.51. The van der Waals surface area contributed by atoms with E-state index in [0.29, 0.717) is 19.5 Å². The second-order valence-electron chi connectivity index (χ2n) is 5.56. The number of nitrogens with zero attached hydrogens (tertiary/aromatic N) is 2. The maximum absolute atomic E-state index is 13.7. The van der Waals surface area contributed by atoms with Crippen LogP contribution in [0.1, 0.15) is 33.3 Å². The molecular weight excluding hydrogens is 348 g/mol. The van der Waals surface area contributed by atoms with Gasteiger partial charge in [0.15, 0.2) is 0 Å². The zero-order valence-corrected chi connectivity index (χ0v) is 14.0. The smallest absolute Gasteiger partial charge is 0.262 e. The Bertz CT molecular complexity index is 897. The molecule has 3 rings (SSSR count). The average Bonchev–Trinajstić information content (AvgIpc) is 2.90. The number of anilines is 1. The first-order chi connectivity index (χ1) is 11.9. The van der Waals surface area contributed by atoms with Gasteiger partial charge in [-0.1, -0.05) is 6.07 Å².